The molecule has 10 heteroatoms. The Labute approximate surface area is 151 Å². The molecule has 0 amide bonds. The molecule has 0 spiro atoms. The SMILES string of the molecule is CCn1cnn(CN2CCN(S(=O)(=O)c3ccccc3F)CC2)c1=S. The van der Waals surface area contributed by atoms with Crippen LogP contribution in [-0.2, 0) is 23.2 Å². The van der Waals surface area contributed by atoms with Crippen LogP contribution in [0, 0.1) is 10.6 Å². The van der Waals surface area contributed by atoms with Gasteiger partial charge in [0.25, 0.3) is 0 Å². The van der Waals surface area contributed by atoms with E-state index < -0.39 is 15.8 Å². The summed E-state index contributed by atoms with van der Waals surface area (Å²) in [4.78, 5) is 1.81. The molecule has 1 saturated heterocycles. The molecule has 0 unspecified atom stereocenters. The molecular formula is C15H20FN5O2S2. The lowest BCUT2D eigenvalue weighted by Gasteiger charge is -2.33. The summed E-state index contributed by atoms with van der Waals surface area (Å²) in [6.07, 6.45) is 1.70. The van der Waals surface area contributed by atoms with Crippen molar-refractivity contribution in [2.75, 3.05) is 26.2 Å². The molecule has 1 aliphatic rings. The van der Waals surface area contributed by atoms with Crippen LogP contribution in [-0.4, -0.2) is 58.1 Å². The molecule has 1 aliphatic heterocycles. The second kappa shape index (κ2) is 7.32. The van der Waals surface area contributed by atoms with Gasteiger partial charge in [0.2, 0.25) is 10.0 Å². The topological polar surface area (TPSA) is 63.4 Å². The highest BCUT2D eigenvalue weighted by Crippen LogP contribution is 2.20. The summed E-state index contributed by atoms with van der Waals surface area (Å²) in [6.45, 7) is 4.95. The van der Waals surface area contributed by atoms with Crippen LogP contribution in [0.5, 0.6) is 0 Å². The van der Waals surface area contributed by atoms with Gasteiger partial charge in [-0.25, -0.2) is 17.5 Å². The van der Waals surface area contributed by atoms with Crippen molar-refractivity contribution >= 4 is 22.2 Å². The van der Waals surface area contributed by atoms with Crippen molar-refractivity contribution < 1.29 is 12.8 Å². The van der Waals surface area contributed by atoms with Gasteiger partial charge in [-0.3, -0.25) is 4.90 Å². The zero-order valence-electron chi connectivity index (χ0n) is 13.9. The molecule has 3 rings (SSSR count). The quantitative estimate of drug-likeness (QED) is 0.731. The van der Waals surface area contributed by atoms with Crippen molar-refractivity contribution in [1.82, 2.24) is 23.6 Å². The van der Waals surface area contributed by atoms with Gasteiger partial charge in [0.05, 0.1) is 6.67 Å². The van der Waals surface area contributed by atoms with E-state index in [4.69, 9.17) is 12.2 Å². The zero-order chi connectivity index (χ0) is 18.0. The van der Waals surface area contributed by atoms with Gasteiger partial charge in [-0.2, -0.15) is 9.40 Å². The standard InChI is InChI=1S/C15H20FN5O2S2/c1-2-19-11-17-21(15(19)24)12-18-7-9-20(10-8-18)25(22,23)14-6-4-3-5-13(14)16/h3-6,11H,2,7-10,12H2,1H3. The van der Waals surface area contributed by atoms with Gasteiger partial charge in [-0.15, -0.1) is 0 Å². The molecule has 136 valence electrons. The molecule has 0 aliphatic carbocycles. The molecule has 0 N–H and O–H groups in total. The number of hydrogen-bond donors (Lipinski definition) is 0. The lowest BCUT2D eigenvalue weighted by molar-refractivity contribution is 0.144. The van der Waals surface area contributed by atoms with Gasteiger partial charge < -0.3 is 4.57 Å². The third-order valence-electron chi connectivity index (χ3n) is 4.26. The van der Waals surface area contributed by atoms with E-state index in [1.807, 2.05) is 11.5 Å². The van der Waals surface area contributed by atoms with Gasteiger partial charge in [0.1, 0.15) is 17.0 Å². The summed E-state index contributed by atoms with van der Waals surface area (Å²) in [5.74, 6) is -0.721. The highest BCUT2D eigenvalue weighted by molar-refractivity contribution is 7.89. The maximum atomic E-state index is 13.8. The van der Waals surface area contributed by atoms with Gasteiger partial charge in [-0.1, -0.05) is 12.1 Å². The molecular weight excluding hydrogens is 365 g/mol. The Hall–Kier alpha value is -1.62. The largest absolute Gasteiger partial charge is 0.307 e. The number of piperazine rings is 1. The molecule has 0 radical (unpaired) electrons. The van der Waals surface area contributed by atoms with Crippen LogP contribution >= 0.6 is 12.2 Å². The fourth-order valence-electron chi connectivity index (χ4n) is 2.78. The number of rotatable bonds is 5. The van der Waals surface area contributed by atoms with Crippen LogP contribution in [0.4, 0.5) is 4.39 Å². The minimum absolute atomic E-state index is 0.271. The molecule has 1 aromatic carbocycles. The zero-order valence-corrected chi connectivity index (χ0v) is 15.5. The normalized spacial score (nSPS) is 17.0. The van der Waals surface area contributed by atoms with Crippen molar-refractivity contribution in [3.05, 3.63) is 41.2 Å². The number of nitrogens with zero attached hydrogens (tertiary/aromatic N) is 5. The third-order valence-corrected chi connectivity index (χ3v) is 6.63. The molecule has 1 fully saturated rings. The Morgan fingerprint density at radius 2 is 1.88 bits per heavy atom. The molecule has 0 bridgehead atoms. The van der Waals surface area contributed by atoms with E-state index >= 15 is 0 Å². The van der Waals surface area contributed by atoms with Crippen LogP contribution < -0.4 is 0 Å². The van der Waals surface area contributed by atoms with Crippen LogP contribution in [0.1, 0.15) is 6.92 Å². The van der Waals surface area contributed by atoms with Crippen molar-refractivity contribution in [2.45, 2.75) is 25.0 Å². The van der Waals surface area contributed by atoms with Gasteiger partial charge in [0, 0.05) is 32.7 Å². The average molecular weight is 385 g/mol. The maximum absolute atomic E-state index is 13.8. The Morgan fingerprint density at radius 1 is 1.20 bits per heavy atom. The van der Waals surface area contributed by atoms with Gasteiger partial charge in [0.15, 0.2) is 4.77 Å². The number of halogens is 1. The first-order chi connectivity index (χ1) is 11.9. The molecule has 2 aromatic rings. The minimum Gasteiger partial charge on any atom is -0.307 e. The molecule has 0 saturated carbocycles. The van der Waals surface area contributed by atoms with Crippen LogP contribution in [0.3, 0.4) is 0 Å². The first kappa shape index (κ1) is 18.2. The van der Waals surface area contributed by atoms with E-state index in [9.17, 15) is 12.8 Å². The van der Waals surface area contributed by atoms with E-state index in [1.54, 1.807) is 11.0 Å². The van der Waals surface area contributed by atoms with Gasteiger partial charge in [-0.05, 0) is 31.3 Å². The Kier molecular flexibility index (Phi) is 5.32. The molecule has 2 heterocycles. The van der Waals surface area contributed by atoms with Crippen molar-refractivity contribution in [3.8, 4) is 0 Å². The summed E-state index contributed by atoms with van der Waals surface area (Å²) in [7, 11) is -3.81. The lowest BCUT2D eigenvalue weighted by Crippen LogP contribution is -2.49. The Balaban J connectivity index is 1.66. The summed E-state index contributed by atoms with van der Waals surface area (Å²) in [6, 6.07) is 5.46. The van der Waals surface area contributed by atoms with Crippen molar-refractivity contribution in [3.63, 3.8) is 0 Å². The monoisotopic (exact) mass is 385 g/mol. The smallest absolute Gasteiger partial charge is 0.246 e. The predicted molar refractivity (Wildman–Crippen MR) is 93.5 cm³/mol. The Bertz CT molecular complexity index is 901. The first-order valence-corrected chi connectivity index (χ1v) is 9.87. The second-order valence-corrected chi connectivity index (χ2v) is 8.06. The lowest BCUT2D eigenvalue weighted by atomic mass is 10.3. The molecule has 25 heavy (non-hydrogen) atoms. The molecule has 1 aromatic heterocycles. The Morgan fingerprint density at radius 3 is 2.48 bits per heavy atom. The molecule has 7 nitrogen and oxygen atoms in total. The number of aromatic nitrogens is 3. The predicted octanol–water partition coefficient (Wildman–Crippen LogP) is 1.54. The summed E-state index contributed by atoms with van der Waals surface area (Å²) in [5, 5.41) is 4.26. The average Bonchev–Trinajstić information content (AvgIpc) is 2.95. The summed E-state index contributed by atoms with van der Waals surface area (Å²) in [5.41, 5.74) is 0. The fourth-order valence-corrected chi connectivity index (χ4v) is 4.55. The van der Waals surface area contributed by atoms with E-state index in [-0.39, 0.29) is 4.90 Å². The van der Waals surface area contributed by atoms with E-state index in [0.29, 0.717) is 37.6 Å². The van der Waals surface area contributed by atoms with Crippen molar-refractivity contribution in [2.24, 2.45) is 0 Å². The third kappa shape index (κ3) is 3.66. The molecule has 0 atom stereocenters. The highest BCUT2D eigenvalue weighted by atomic mass is 32.2. The maximum Gasteiger partial charge on any atom is 0.246 e. The van der Waals surface area contributed by atoms with E-state index in [1.165, 1.54) is 22.5 Å². The van der Waals surface area contributed by atoms with Crippen LogP contribution in [0.15, 0.2) is 35.5 Å². The number of hydrogen-bond acceptors (Lipinski definition) is 5. The van der Waals surface area contributed by atoms with Crippen LogP contribution in [0.2, 0.25) is 0 Å². The van der Waals surface area contributed by atoms with Crippen LogP contribution in [0.25, 0.3) is 0 Å². The van der Waals surface area contributed by atoms with E-state index in [0.717, 1.165) is 12.6 Å². The van der Waals surface area contributed by atoms with Gasteiger partial charge >= 0.3 is 0 Å². The summed E-state index contributed by atoms with van der Waals surface area (Å²) < 4.78 is 44.6. The number of sulfonamides is 1. The summed E-state index contributed by atoms with van der Waals surface area (Å²) >= 11 is 5.34. The number of benzene rings is 1. The van der Waals surface area contributed by atoms with E-state index in [2.05, 4.69) is 10.00 Å². The fraction of sp³-hybridized carbons (Fsp3) is 0.467. The first-order valence-electron chi connectivity index (χ1n) is 8.02. The number of aryl methyl sites for hydroxylation is 1. The highest BCUT2D eigenvalue weighted by Gasteiger charge is 2.30. The minimum atomic E-state index is -3.81. The second-order valence-electron chi connectivity index (χ2n) is 5.79. The van der Waals surface area contributed by atoms with Crippen molar-refractivity contribution in [1.29, 1.82) is 0 Å².